The largest absolute Gasteiger partial charge is 0.486 e. The molecule has 0 fully saturated rings. The van der Waals surface area contributed by atoms with E-state index >= 15 is 0 Å². The van der Waals surface area contributed by atoms with Gasteiger partial charge >= 0.3 is 5.97 Å². The number of ether oxygens (including phenoxy) is 3. The molecule has 4 aromatic rings. The van der Waals surface area contributed by atoms with Crippen molar-refractivity contribution < 1.29 is 19.0 Å². The number of esters is 1. The molecule has 1 unspecified atom stereocenters. The van der Waals surface area contributed by atoms with Crippen LogP contribution in [-0.2, 0) is 9.53 Å². The molecular weight excluding hydrogens is 508 g/mol. The van der Waals surface area contributed by atoms with E-state index < -0.39 is 12.0 Å². The SMILES string of the molecule is CCOC(=O)C1=C(c2ccccc2)N=c2s/c(=C\c3ccc4c(c3)OCCO4)c(=O)n2C1c1cccs1. The highest BCUT2D eigenvalue weighted by atomic mass is 32.1. The molecule has 186 valence electrons. The van der Waals surface area contributed by atoms with Crippen LogP contribution < -0.4 is 24.4 Å². The van der Waals surface area contributed by atoms with Gasteiger partial charge in [-0.25, -0.2) is 9.79 Å². The quantitative estimate of drug-likeness (QED) is 0.367. The second-order valence-electron chi connectivity index (χ2n) is 8.35. The fourth-order valence-electron chi connectivity index (χ4n) is 4.46. The maximum atomic E-state index is 13.8. The summed E-state index contributed by atoms with van der Waals surface area (Å²) >= 11 is 2.78. The van der Waals surface area contributed by atoms with E-state index in [2.05, 4.69) is 0 Å². The predicted molar refractivity (Wildman–Crippen MR) is 143 cm³/mol. The van der Waals surface area contributed by atoms with Gasteiger partial charge in [-0.2, -0.15) is 0 Å². The Bertz CT molecular complexity index is 1680. The summed E-state index contributed by atoms with van der Waals surface area (Å²) in [6.07, 6.45) is 1.82. The Morgan fingerprint density at radius 2 is 1.92 bits per heavy atom. The third-order valence-electron chi connectivity index (χ3n) is 6.05. The molecular formula is C28H22N2O5S2. The van der Waals surface area contributed by atoms with Crippen molar-refractivity contribution in [2.24, 2.45) is 4.99 Å². The molecule has 6 rings (SSSR count). The van der Waals surface area contributed by atoms with E-state index in [0.29, 0.717) is 45.3 Å². The van der Waals surface area contributed by atoms with Crippen LogP contribution in [0.1, 0.15) is 29.0 Å². The Labute approximate surface area is 220 Å². The van der Waals surface area contributed by atoms with Gasteiger partial charge in [0.05, 0.1) is 22.4 Å². The molecule has 0 saturated heterocycles. The lowest BCUT2D eigenvalue weighted by atomic mass is 9.97. The smallest absolute Gasteiger partial charge is 0.338 e. The zero-order chi connectivity index (χ0) is 25.4. The summed E-state index contributed by atoms with van der Waals surface area (Å²) < 4.78 is 18.9. The lowest BCUT2D eigenvalue weighted by Crippen LogP contribution is -2.39. The van der Waals surface area contributed by atoms with Gasteiger partial charge in [-0.15, -0.1) is 11.3 Å². The summed E-state index contributed by atoms with van der Waals surface area (Å²) in [6, 6.07) is 18.3. The average Bonchev–Trinajstić information content (AvgIpc) is 3.57. The number of rotatable bonds is 5. The first-order valence-corrected chi connectivity index (χ1v) is 13.5. The highest BCUT2D eigenvalue weighted by Gasteiger charge is 2.35. The molecule has 0 aliphatic carbocycles. The molecule has 0 amide bonds. The minimum atomic E-state index is -0.645. The number of carbonyl (C=O) groups is 1. The molecule has 2 aliphatic heterocycles. The van der Waals surface area contributed by atoms with Crippen LogP contribution in [-0.4, -0.2) is 30.4 Å². The van der Waals surface area contributed by atoms with Crippen molar-refractivity contribution in [2.45, 2.75) is 13.0 Å². The van der Waals surface area contributed by atoms with Crippen molar-refractivity contribution in [3.05, 3.63) is 107 Å². The van der Waals surface area contributed by atoms with Gasteiger partial charge in [-0.1, -0.05) is 53.8 Å². The number of fused-ring (bicyclic) bond motifs is 2. The first-order chi connectivity index (χ1) is 18.1. The number of hydrogen-bond acceptors (Lipinski definition) is 8. The Kier molecular flexibility index (Phi) is 6.23. The van der Waals surface area contributed by atoms with E-state index in [-0.39, 0.29) is 12.2 Å². The first-order valence-electron chi connectivity index (χ1n) is 11.9. The van der Waals surface area contributed by atoms with E-state index in [1.807, 2.05) is 72.1 Å². The molecule has 9 heteroatoms. The number of thiazole rings is 1. The number of benzene rings is 2. The second-order valence-corrected chi connectivity index (χ2v) is 10.3. The molecule has 0 radical (unpaired) electrons. The highest BCUT2D eigenvalue weighted by molar-refractivity contribution is 7.10. The van der Waals surface area contributed by atoms with Crippen molar-refractivity contribution in [2.75, 3.05) is 19.8 Å². The third kappa shape index (κ3) is 4.30. The van der Waals surface area contributed by atoms with E-state index in [4.69, 9.17) is 19.2 Å². The van der Waals surface area contributed by atoms with Crippen molar-refractivity contribution in [3.63, 3.8) is 0 Å². The Balaban J connectivity index is 1.58. The molecule has 37 heavy (non-hydrogen) atoms. The Morgan fingerprint density at radius 1 is 1.11 bits per heavy atom. The molecule has 7 nitrogen and oxygen atoms in total. The monoisotopic (exact) mass is 530 g/mol. The van der Waals surface area contributed by atoms with Gasteiger partial charge < -0.3 is 14.2 Å². The second kappa shape index (κ2) is 9.84. The first kappa shape index (κ1) is 23.4. The van der Waals surface area contributed by atoms with E-state index in [0.717, 1.165) is 16.0 Å². The van der Waals surface area contributed by atoms with E-state index in [9.17, 15) is 9.59 Å². The maximum absolute atomic E-state index is 13.8. The molecule has 1 atom stereocenters. The van der Waals surface area contributed by atoms with Gasteiger partial charge in [0.15, 0.2) is 16.3 Å². The number of nitrogens with zero attached hydrogens (tertiary/aromatic N) is 2. The van der Waals surface area contributed by atoms with Crippen molar-refractivity contribution in [1.29, 1.82) is 0 Å². The molecule has 2 aliphatic rings. The third-order valence-corrected chi connectivity index (χ3v) is 7.96. The van der Waals surface area contributed by atoms with Crippen molar-refractivity contribution in [1.82, 2.24) is 4.57 Å². The van der Waals surface area contributed by atoms with Gasteiger partial charge in [-0.3, -0.25) is 9.36 Å². The zero-order valence-electron chi connectivity index (χ0n) is 19.9. The van der Waals surface area contributed by atoms with Gasteiger partial charge in [-0.05, 0) is 42.1 Å². The van der Waals surface area contributed by atoms with Gasteiger partial charge in [0.25, 0.3) is 5.56 Å². The van der Waals surface area contributed by atoms with Crippen LogP contribution in [0.4, 0.5) is 0 Å². The van der Waals surface area contributed by atoms with Crippen LogP contribution in [0.15, 0.2) is 81.4 Å². The Morgan fingerprint density at radius 3 is 2.68 bits per heavy atom. The summed E-state index contributed by atoms with van der Waals surface area (Å²) in [6.45, 7) is 2.98. The van der Waals surface area contributed by atoms with E-state index in [1.165, 1.54) is 22.7 Å². The standard InChI is InChI=1S/C28H22N2O5S2/c1-2-33-27(32)23-24(18-7-4-3-5-8-18)29-28-30(25(23)21-9-6-14-36-21)26(31)22(37-28)16-17-10-11-19-20(15-17)35-13-12-34-19/h3-11,14-16,25H,2,12-13H2,1H3/b22-16-. The molecule has 2 aromatic carbocycles. The summed E-state index contributed by atoms with van der Waals surface area (Å²) in [4.78, 5) is 33.4. The van der Waals surface area contributed by atoms with Crippen molar-refractivity contribution >= 4 is 40.4 Å². The van der Waals surface area contributed by atoms with Crippen LogP contribution in [0.2, 0.25) is 0 Å². The summed E-state index contributed by atoms with van der Waals surface area (Å²) in [5.74, 6) is 0.860. The van der Waals surface area contributed by atoms with Gasteiger partial charge in [0, 0.05) is 10.4 Å². The van der Waals surface area contributed by atoms with Crippen LogP contribution in [0.3, 0.4) is 0 Å². The van der Waals surface area contributed by atoms with E-state index in [1.54, 1.807) is 11.5 Å². The molecule has 0 spiro atoms. The molecule has 2 aromatic heterocycles. The summed E-state index contributed by atoms with van der Waals surface area (Å²) in [7, 11) is 0. The molecule has 0 saturated carbocycles. The fraction of sp³-hybridized carbons (Fsp3) is 0.179. The van der Waals surface area contributed by atoms with Crippen LogP contribution in [0.25, 0.3) is 11.8 Å². The van der Waals surface area contributed by atoms with Crippen LogP contribution in [0, 0.1) is 0 Å². The number of carbonyl (C=O) groups excluding carboxylic acids is 1. The number of hydrogen-bond donors (Lipinski definition) is 0. The van der Waals surface area contributed by atoms with Crippen LogP contribution >= 0.6 is 22.7 Å². The predicted octanol–water partition coefficient (Wildman–Crippen LogP) is 3.77. The maximum Gasteiger partial charge on any atom is 0.338 e. The lowest BCUT2D eigenvalue weighted by molar-refractivity contribution is -0.138. The Hall–Kier alpha value is -3.95. The van der Waals surface area contributed by atoms with Crippen molar-refractivity contribution in [3.8, 4) is 11.5 Å². The average molecular weight is 531 g/mol. The molecule has 0 bridgehead atoms. The van der Waals surface area contributed by atoms with Gasteiger partial charge in [0.1, 0.15) is 19.3 Å². The normalized spacial score (nSPS) is 16.8. The van der Waals surface area contributed by atoms with Gasteiger partial charge in [0.2, 0.25) is 0 Å². The fourth-order valence-corrected chi connectivity index (χ4v) is 6.28. The lowest BCUT2D eigenvalue weighted by Gasteiger charge is -2.24. The number of aromatic nitrogens is 1. The zero-order valence-corrected chi connectivity index (χ0v) is 21.5. The minimum Gasteiger partial charge on any atom is -0.486 e. The summed E-state index contributed by atoms with van der Waals surface area (Å²) in [5.41, 5.74) is 2.26. The molecule has 0 N–H and O–H groups in total. The number of thiophene rings is 1. The highest BCUT2D eigenvalue weighted by Crippen LogP contribution is 2.37. The summed E-state index contributed by atoms with van der Waals surface area (Å²) in [5, 5.41) is 1.94. The minimum absolute atomic E-state index is 0.217. The topological polar surface area (TPSA) is 79.1 Å². The molecule has 4 heterocycles. The van der Waals surface area contributed by atoms with Crippen LogP contribution in [0.5, 0.6) is 11.5 Å².